The number of hydrogen-bond donors (Lipinski definition) is 4. The quantitative estimate of drug-likeness (QED) is 0.0463. The second kappa shape index (κ2) is 23.8. The third kappa shape index (κ3) is 25.6. The number of nitrogens with two attached hydrogens (primary N) is 1. The van der Waals surface area contributed by atoms with E-state index in [1.54, 1.807) is 13.8 Å². The van der Waals surface area contributed by atoms with E-state index in [0.717, 1.165) is 0 Å². The first-order valence-corrected chi connectivity index (χ1v) is 20.3. The van der Waals surface area contributed by atoms with Crippen LogP contribution >= 0.6 is 28.2 Å². The summed E-state index contributed by atoms with van der Waals surface area (Å²) in [5, 5.41) is 7.59. The first kappa shape index (κ1) is 53.4. The van der Waals surface area contributed by atoms with Crippen LogP contribution in [0, 0.1) is 5.41 Å². The van der Waals surface area contributed by atoms with E-state index in [-0.39, 0.29) is 82.7 Å². The molecule has 18 heteroatoms. The van der Waals surface area contributed by atoms with Crippen LogP contribution in [0.4, 0.5) is 0 Å². The van der Waals surface area contributed by atoms with Crippen molar-refractivity contribution in [3.05, 3.63) is 0 Å². The highest BCUT2D eigenvalue weighted by Crippen LogP contribution is 2.31. The molecule has 0 saturated carbocycles. The van der Waals surface area contributed by atoms with Gasteiger partial charge >= 0.3 is 0 Å². The Labute approximate surface area is 334 Å². The fourth-order valence-electron chi connectivity index (χ4n) is 4.86. The molecule has 0 fully saturated rings. The molecule has 0 rings (SSSR count). The van der Waals surface area contributed by atoms with Crippen LogP contribution in [0.5, 0.6) is 0 Å². The molecule has 0 heterocycles. The smallest absolute Gasteiger partial charge is 0.225 e. The minimum absolute atomic E-state index is 0.00128. The van der Waals surface area contributed by atoms with Gasteiger partial charge in [0.15, 0.2) is 0 Å². The molecule has 6 unspecified atom stereocenters. The molecular formula is C36H74BN4O10P3. The van der Waals surface area contributed by atoms with E-state index in [0.29, 0.717) is 25.9 Å². The summed E-state index contributed by atoms with van der Waals surface area (Å²) in [6, 6.07) is 0. The van der Waals surface area contributed by atoms with Gasteiger partial charge in [0.05, 0.1) is 86.4 Å². The molecular weight excluding hydrogens is 752 g/mol. The first-order valence-electron chi connectivity index (χ1n) is 18.5. The molecule has 316 valence electrons. The lowest BCUT2D eigenvalue weighted by atomic mass is 9.80. The van der Waals surface area contributed by atoms with Gasteiger partial charge in [-0.1, -0.05) is 0 Å². The van der Waals surface area contributed by atoms with Crippen molar-refractivity contribution in [1.29, 1.82) is 0 Å². The van der Waals surface area contributed by atoms with Crippen molar-refractivity contribution in [2.24, 2.45) is 11.1 Å². The Morgan fingerprint density at radius 3 is 1.33 bits per heavy atom. The average Bonchev–Trinajstić information content (AvgIpc) is 3.02. The van der Waals surface area contributed by atoms with Crippen LogP contribution < -0.4 is 21.0 Å². The van der Waals surface area contributed by atoms with Crippen LogP contribution in [0.2, 0.25) is 0 Å². The molecule has 2 radical (unpaired) electrons. The Balaban J connectivity index is 6.09. The SMILES string of the molecule is [B]C(C)(CC(=O)NP)OCCC(C)(C)OCC(COC(C)C)(COC(C)(C)CCOC(C)(C)CC(=O)NP)COC(C)(N)CCOC(C)(C)CC(=O)NP. The third-order valence-electron chi connectivity index (χ3n) is 8.56. The standard InChI is InChI=1S/C36H74BN4O10P3/c1-26(2)45-22-36(23-49-30(3,4)13-16-46-32(7,8)19-27(42)39-52,24-50-31(5,6)14-17-48-34(11,37)21-29(44)41-54)25-51-35(12,38)15-18-47-33(9,10)20-28(43)40-53/h26H,13-25,38,52-54H2,1-12H3,(H,39,42)(H,40,43)(H,41,44). The maximum absolute atomic E-state index is 11.9. The molecule has 14 nitrogen and oxygen atoms in total. The van der Waals surface area contributed by atoms with Gasteiger partial charge in [0.25, 0.3) is 0 Å². The molecule has 54 heavy (non-hydrogen) atoms. The monoisotopic (exact) mass is 826 g/mol. The fraction of sp³-hybridized carbons (Fsp3) is 0.917. The zero-order chi connectivity index (χ0) is 42.1. The fourth-order valence-corrected chi connectivity index (χ4v) is 5.16. The Hall–Kier alpha value is -0.555. The van der Waals surface area contributed by atoms with E-state index in [1.165, 1.54) is 0 Å². The van der Waals surface area contributed by atoms with Gasteiger partial charge in [-0.05, 0) is 124 Å². The summed E-state index contributed by atoms with van der Waals surface area (Å²) in [5.74, 6) is -0.528. The van der Waals surface area contributed by atoms with Crippen LogP contribution in [0.3, 0.4) is 0 Å². The molecule has 0 bridgehead atoms. The summed E-state index contributed by atoms with van der Waals surface area (Å²) in [5.41, 5.74) is 0.978. The highest BCUT2D eigenvalue weighted by atomic mass is 31.0. The van der Waals surface area contributed by atoms with E-state index in [2.05, 4.69) is 43.4 Å². The van der Waals surface area contributed by atoms with E-state index in [1.807, 2.05) is 69.2 Å². The third-order valence-corrected chi connectivity index (χ3v) is 9.53. The Kier molecular flexibility index (Phi) is 23.5. The van der Waals surface area contributed by atoms with Crippen molar-refractivity contribution >= 4 is 53.7 Å². The summed E-state index contributed by atoms with van der Waals surface area (Å²) in [4.78, 5) is 35.7. The van der Waals surface area contributed by atoms with E-state index < -0.39 is 39.0 Å². The molecule has 0 aromatic carbocycles. The van der Waals surface area contributed by atoms with E-state index in [9.17, 15) is 14.4 Å². The Morgan fingerprint density at radius 1 is 0.556 bits per heavy atom. The van der Waals surface area contributed by atoms with Gasteiger partial charge in [-0.25, -0.2) is 0 Å². The normalized spacial score (nSPS) is 16.3. The lowest BCUT2D eigenvalue weighted by Gasteiger charge is -2.41. The van der Waals surface area contributed by atoms with Crippen LogP contribution in [0.15, 0.2) is 0 Å². The molecule has 0 aliphatic heterocycles. The van der Waals surface area contributed by atoms with Crippen LogP contribution in [-0.2, 0) is 47.5 Å². The number of nitrogens with one attached hydrogen (secondary N) is 3. The molecule has 3 amide bonds. The zero-order valence-corrected chi connectivity index (χ0v) is 38.7. The number of carbonyl (C=O) groups excluding carboxylic acids is 3. The van der Waals surface area contributed by atoms with E-state index >= 15 is 0 Å². The molecule has 0 aliphatic carbocycles. The van der Waals surface area contributed by atoms with Gasteiger partial charge in [-0.3, -0.25) is 14.4 Å². The van der Waals surface area contributed by atoms with Gasteiger partial charge in [-0.2, -0.15) is 0 Å². The predicted molar refractivity (Wildman–Crippen MR) is 224 cm³/mol. The minimum Gasteiger partial charge on any atom is -0.385 e. The van der Waals surface area contributed by atoms with Crippen molar-refractivity contribution in [3.63, 3.8) is 0 Å². The summed E-state index contributed by atoms with van der Waals surface area (Å²) >= 11 is 0. The topological polar surface area (TPSA) is 178 Å². The zero-order valence-electron chi connectivity index (χ0n) is 35.2. The van der Waals surface area contributed by atoms with Crippen molar-refractivity contribution in [2.45, 2.75) is 161 Å². The van der Waals surface area contributed by atoms with Crippen molar-refractivity contribution in [2.75, 3.05) is 46.2 Å². The molecule has 5 N–H and O–H groups in total. The number of amides is 3. The van der Waals surface area contributed by atoms with Gasteiger partial charge in [0.2, 0.25) is 17.7 Å². The van der Waals surface area contributed by atoms with Crippen LogP contribution in [0.25, 0.3) is 0 Å². The molecule has 0 aliphatic rings. The van der Waals surface area contributed by atoms with Gasteiger partial charge in [0.1, 0.15) is 13.6 Å². The summed E-state index contributed by atoms with van der Waals surface area (Å²) in [7, 11) is 12.8. The van der Waals surface area contributed by atoms with Crippen molar-refractivity contribution < 1.29 is 47.5 Å². The van der Waals surface area contributed by atoms with Crippen LogP contribution in [-0.4, -0.2) is 112 Å². The maximum atomic E-state index is 11.9. The van der Waals surface area contributed by atoms with Gasteiger partial charge < -0.3 is 54.2 Å². The van der Waals surface area contributed by atoms with E-state index in [4.69, 9.17) is 46.7 Å². The van der Waals surface area contributed by atoms with Gasteiger partial charge in [-0.15, -0.1) is 0 Å². The largest absolute Gasteiger partial charge is 0.385 e. The average molecular weight is 827 g/mol. The number of hydrogen-bond acceptors (Lipinski definition) is 11. The lowest BCUT2D eigenvalue weighted by Crippen LogP contribution is -2.51. The summed E-state index contributed by atoms with van der Waals surface area (Å²) in [6.45, 7) is 24.4. The number of carbonyl (C=O) groups is 3. The van der Waals surface area contributed by atoms with Crippen molar-refractivity contribution in [1.82, 2.24) is 15.3 Å². The van der Waals surface area contributed by atoms with Gasteiger partial charge in [0, 0.05) is 24.9 Å². The highest BCUT2D eigenvalue weighted by molar-refractivity contribution is 7.15. The lowest BCUT2D eigenvalue weighted by molar-refractivity contribution is -0.188. The second-order valence-electron chi connectivity index (χ2n) is 17.4. The summed E-state index contributed by atoms with van der Waals surface area (Å²) in [6.07, 6.45) is 1.70. The first-order chi connectivity index (χ1) is 24.5. The Morgan fingerprint density at radius 2 is 0.926 bits per heavy atom. The summed E-state index contributed by atoms with van der Waals surface area (Å²) < 4.78 is 43.9. The molecule has 0 aromatic heterocycles. The van der Waals surface area contributed by atoms with Crippen molar-refractivity contribution in [3.8, 4) is 0 Å². The number of rotatable bonds is 30. The predicted octanol–water partition coefficient (Wildman–Crippen LogP) is 4.23. The number of ether oxygens (including phenoxy) is 7. The maximum Gasteiger partial charge on any atom is 0.225 e. The second-order valence-corrected chi connectivity index (χ2v) is 18.3. The molecule has 0 saturated heterocycles. The minimum atomic E-state index is -1.15. The van der Waals surface area contributed by atoms with Crippen LogP contribution in [0.1, 0.15) is 122 Å². The molecule has 0 spiro atoms. The Bertz CT molecular complexity index is 1020. The molecule has 0 aromatic rings. The highest BCUT2D eigenvalue weighted by Gasteiger charge is 2.39. The molecule has 6 atom stereocenters.